The molecule has 10 nitrogen and oxygen atoms in total. The van der Waals surface area contributed by atoms with Crippen LogP contribution in [0.3, 0.4) is 0 Å². The Bertz CT molecular complexity index is 4740. The molecule has 0 atom stereocenters. The van der Waals surface area contributed by atoms with Gasteiger partial charge >= 0.3 is 6.18 Å². The Kier molecular flexibility index (Phi) is 37.4. The summed E-state index contributed by atoms with van der Waals surface area (Å²) in [6, 6.07) is 47.2. The van der Waals surface area contributed by atoms with E-state index in [0.717, 1.165) is 134 Å². The van der Waals surface area contributed by atoms with Crippen molar-refractivity contribution < 1.29 is 103 Å². The van der Waals surface area contributed by atoms with E-state index < -0.39 is 11.7 Å². The molecule has 113 heavy (non-hydrogen) atoms. The molecule has 1 radical (unpaired) electrons. The van der Waals surface area contributed by atoms with E-state index in [1.807, 2.05) is 111 Å². The van der Waals surface area contributed by atoms with E-state index in [0.29, 0.717) is 128 Å². The Hall–Kier alpha value is -3.52. The molecule has 29 heteroatoms. The van der Waals surface area contributed by atoms with Crippen LogP contribution in [0.1, 0.15) is 168 Å². The van der Waals surface area contributed by atoms with Crippen LogP contribution in [0.4, 0.5) is 13.2 Å². The summed E-state index contributed by atoms with van der Waals surface area (Å²) in [5.74, 6) is 9.54. The van der Waals surface area contributed by atoms with Gasteiger partial charge in [0.05, 0.1) is 26.1 Å². The number of alkyl halides is 3. The summed E-state index contributed by atoms with van der Waals surface area (Å²) in [5.41, 5.74) is 8.29. The molecule has 0 spiro atoms. The van der Waals surface area contributed by atoms with Crippen LogP contribution in [0.25, 0.3) is 0 Å². The number of halogens is 9. The van der Waals surface area contributed by atoms with Crippen LogP contribution in [-0.2, 0) is 6.18 Å². The van der Waals surface area contributed by atoms with Gasteiger partial charge in [0.1, 0.15) is 5.75 Å². The number of hydrogen-bond donors (Lipinski definition) is 1. The van der Waals surface area contributed by atoms with Crippen molar-refractivity contribution in [3.05, 3.63) is 253 Å². The van der Waals surface area contributed by atoms with E-state index in [2.05, 4.69) is 50.7 Å². The fraction of sp³-hybridized carbons (Fsp3) is 0.250. The topological polar surface area (TPSA) is 174 Å². The third-order valence-electron chi connectivity index (χ3n) is 17.3. The molecule has 0 aliphatic carbocycles. The first kappa shape index (κ1) is 93.4. The van der Waals surface area contributed by atoms with Gasteiger partial charge in [0.2, 0.25) is 0 Å². The minimum atomic E-state index is -4.38. The van der Waals surface area contributed by atoms with Crippen molar-refractivity contribution in [1.82, 2.24) is 0 Å². The minimum absolute atomic E-state index is 0. The molecule has 9 aliphatic heterocycles. The van der Waals surface area contributed by atoms with Gasteiger partial charge in [-0.1, -0.05) is 104 Å². The van der Waals surface area contributed by atoms with Gasteiger partial charge in [-0.05, 0) is 164 Å². The maximum Gasteiger partial charge on any atom is 0.416 e. The average molecular weight is 2070 g/mol. The Balaban J connectivity index is 0.000000146. The number of fused-ring (bicyclic) bond motifs is 9. The molecule has 0 unspecified atom stereocenters. The first-order valence-corrected chi connectivity index (χ1v) is 47.2. The van der Waals surface area contributed by atoms with Crippen molar-refractivity contribution in [2.75, 3.05) is 51.8 Å². The maximum absolute atomic E-state index is 12.4. The van der Waals surface area contributed by atoms with Crippen molar-refractivity contribution in [3.8, 4) is 5.75 Å². The second kappa shape index (κ2) is 45.2. The molecular weight excluding hydrogens is 2000 g/mol. The predicted octanol–water partition coefficient (Wildman–Crippen LogP) is 26.6. The second-order valence-corrected chi connectivity index (χ2v) is 39.4. The van der Waals surface area contributed by atoms with E-state index >= 15 is 0 Å². The van der Waals surface area contributed by atoms with Gasteiger partial charge in [-0.25, -0.2) is 0 Å². The molecule has 0 aromatic heterocycles. The van der Waals surface area contributed by atoms with Crippen molar-refractivity contribution in [2.45, 2.75) is 122 Å². The normalized spacial score (nSPS) is 15.8. The smallest absolute Gasteiger partial charge is 0.416 e. The number of hydrogen-bond acceptors (Lipinski definition) is 19. The van der Waals surface area contributed by atoms with E-state index in [9.17, 15) is 61.4 Å². The third-order valence-corrected chi connectivity index (χ3v) is 29.4. The molecule has 9 heterocycles. The number of aromatic hydroxyl groups is 1. The number of phenolic OH excluding ortho intramolecular Hbond substituents is 1. The fourth-order valence-corrected chi connectivity index (χ4v) is 22.8. The summed E-state index contributed by atoms with van der Waals surface area (Å²) in [6.07, 6.45) is 1.11. The molecule has 18 rings (SSSR count). The van der Waals surface area contributed by atoms with Crippen LogP contribution in [0, 0.1) is 58.7 Å². The van der Waals surface area contributed by atoms with Gasteiger partial charge in [-0.3, -0.25) is 43.2 Å². The average Bonchev–Trinajstić information content (AvgIpc) is 0.805. The van der Waals surface area contributed by atoms with Crippen LogP contribution in [0.15, 0.2) is 206 Å². The van der Waals surface area contributed by atoms with Crippen molar-refractivity contribution in [1.29, 1.82) is 0 Å². The molecule has 0 fully saturated rings. The number of rotatable bonds is 0. The van der Waals surface area contributed by atoms with Crippen LogP contribution >= 0.6 is 191 Å². The van der Waals surface area contributed by atoms with Crippen LogP contribution in [-0.4, -0.2) is 109 Å². The molecule has 9 aromatic carbocycles. The first-order valence-electron chi connectivity index (χ1n) is 34.9. The number of thioether (sulfide) groups is 9. The van der Waals surface area contributed by atoms with Crippen molar-refractivity contribution >= 4 is 243 Å². The summed E-state index contributed by atoms with van der Waals surface area (Å²) in [5, 5.41) is 11.7. The quantitative estimate of drug-likeness (QED) is 0.142. The van der Waals surface area contributed by atoms with Gasteiger partial charge in [-0.15, -0.1) is 106 Å². The molecule has 0 saturated heterocycles. The summed E-state index contributed by atoms with van der Waals surface area (Å²) in [4.78, 5) is 112. The van der Waals surface area contributed by atoms with E-state index in [1.165, 1.54) is 46.8 Å². The zero-order chi connectivity index (χ0) is 80.3. The summed E-state index contributed by atoms with van der Waals surface area (Å²) >= 11 is 44.1. The van der Waals surface area contributed by atoms with Crippen LogP contribution < -0.4 is 0 Å². The molecule has 0 saturated carbocycles. The molecular formula is C84H69BrCl4F3IO10PrS9. The monoisotopic (exact) mass is 2070 g/mol. The number of aryl methyl sites for hydroxylation is 2. The molecule has 9 aliphatic rings. The Morgan fingerprint density at radius 1 is 0.345 bits per heavy atom. The van der Waals surface area contributed by atoms with Crippen LogP contribution in [0.5, 0.6) is 5.75 Å². The number of carbonyl (C=O) groups excluding carboxylic acids is 9. The Morgan fingerprint density at radius 2 is 0.699 bits per heavy atom. The summed E-state index contributed by atoms with van der Waals surface area (Å²) in [6.45, 7) is 4.04. The fourth-order valence-electron chi connectivity index (χ4n) is 11.7. The molecule has 0 amide bonds. The second-order valence-electron chi connectivity index (χ2n) is 25.4. The van der Waals surface area contributed by atoms with Gasteiger partial charge in [0, 0.05) is 253 Å². The minimum Gasteiger partial charge on any atom is -0.507 e. The number of phenols is 1. The van der Waals surface area contributed by atoms with E-state index in [1.54, 1.807) is 107 Å². The van der Waals surface area contributed by atoms with E-state index in [4.69, 9.17) is 46.4 Å². The SMILES string of the molecule is Cc1ccc2c(c1)C(=O)CCS2.Cc1ccc2c(c1)C(=O)CCS2.O=C1CCSc2c(Cl)cc(Cl)cc21.O=C1CCSc2c(O)ccc(Cl)c21.O=C1CCSc2ccc(Br)cc21.O=C1CCSc2ccc(C(F)(F)F)cc21.O=C1CCSc2ccc(Cl)cc21.O=C1CCSc2ccc(I)cc21.O=C1CCSc2ccccc21.[Pr]. The maximum atomic E-state index is 12.4. The zero-order valence-corrected chi connectivity index (χ0v) is 78.3. The zero-order valence-electron chi connectivity index (χ0n) is 60.5. The van der Waals surface area contributed by atoms with Gasteiger partial charge in [0.15, 0.2) is 52.0 Å². The number of carbonyl (C=O) groups is 9. The standard InChI is InChI=1S/C10H7F3OS.2C10H10OS.C9H7BrOS.C9H6Cl2OS.C9H7ClO2S.C9H7ClOS.C9H7IOS.C9H8OS.Pr/c11-10(12,13)6-1-2-9-7(5-6)8(14)3-4-15-9;2*1-7-2-3-10-8(6-7)9(11)4-5-12-10;10-6-1-2-9-7(5-6)8(11)3-4-12-9;10-5-3-6-8(12)1-2-13-9(6)7(11)4-5;10-5-1-2-7(12)9-8(5)6(11)3-4-13-9;2*10-6-1-2-9-7(5-6)8(11)3-4-12-9;10-8-5-6-11-9-4-2-1-3-7(8)9;/h1-2,5H,3-4H2;2*2-3,6H,4-5H2,1H3;1-2,5H,3-4H2;3-4H,1-2H2;1-2,12H,3-4H2;2*1-2,5H,3-4H2;1-4H,5-6H2;. The van der Waals surface area contributed by atoms with Gasteiger partial charge in [-0.2, -0.15) is 13.2 Å². The van der Waals surface area contributed by atoms with Gasteiger partial charge in [0.25, 0.3) is 0 Å². The van der Waals surface area contributed by atoms with Crippen LogP contribution in [0.2, 0.25) is 20.1 Å². The molecule has 585 valence electrons. The molecule has 1 N–H and O–H groups in total. The van der Waals surface area contributed by atoms with Crippen molar-refractivity contribution in [3.63, 3.8) is 0 Å². The summed E-state index contributed by atoms with van der Waals surface area (Å²) < 4.78 is 39.2. The van der Waals surface area contributed by atoms with E-state index in [-0.39, 0.29) is 81.5 Å². The number of ketones is 9. The number of Topliss-reactive ketones (excluding diaryl/α,β-unsaturated/α-hetero) is 9. The largest absolute Gasteiger partial charge is 0.507 e. The van der Waals surface area contributed by atoms with Crippen molar-refractivity contribution in [2.24, 2.45) is 0 Å². The van der Waals surface area contributed by atoms with Gasteiger partial charge < -0.3 is 5.11 Å². The third kappa shape index (κ3) is 26.7. The predicted molar refractivity (Wildman–Crippen MR) is 472 cm³/mol. The number of benzene rings is 9. The Labute approximate surface area is 767 Å². The first-order chi connectivity index (χ1) is 53.6. The summed E-state index contributed by atoms with van der Waals surface area (Å²) in [7, 11) is 0. The molecule has 9 aromatic rings. The molecule has 0 bridgehead atoms. The Morgan fingerprint density at radius 3 is 1.17 bits per heavy atom.